The number of aromatic nitrogens is 1. The number of nitrogens with zero attached hydrogens (tertiary/aromatic N) is 1. The van der Waals surface area contributed by atoms with E-state index in [0.29, 0.717) is 18.4 Å². The number of carbonyl (C=O) groups excluding carboxylic acids is 1. The molecule has 1 aromatic heterocycles. The molecule has 6 nitrogen and oxygen atoms in total. The van der Waals surface area contributed by atoms with E-state index in [4.69, 9.17) is 4.74 Å². The molecule has 0 radical (unpaired) electrons. The molecule has 0 aliphatic carbocycles. The highest BCUT2D eigenvalue weighted by Crippen LogP contribution is 2.19. The molecule has 162 valence electrons. The number of nitrogens with one attached hydrogen (secondary N) is 2. The van der Waals surface area contributed by atoms with Crippen molar-refractivity contribution >= 4 is 16.8 Å². The summed E-state index contributed by atoms with van der Waals surface area (Å²) in [4.78, 5) is 30.2. The zero-order valence-corrected chi connectivity index (χ0v) is 17.9. The van der Waals surface area contributed by atoms with Gasteiger partial charge >= 0.3 is 0 Å². The van der Waals surface area contributed by atoms with E-state index in [2.05, 4.69) is 39.5 Å². The second-order valence-corrected chi connectivity index (χ2v) is 8.18. The van der Waals surface area contributed by atoms with Gasteiger partial charge in [0.25, 0.3) is 5.56 Å². The maximum Gasteiger partial charge on any atom is 0.251 e. The topological polar surface area (TPSA) is 74.4 Å². The Balaban J connectivity index is 1.27. The van der Waals surface area contributed by atoms with Crippen LogP contribution in [0.15, 0.2) is 59.4 Å². The first-order valence-electron chi connectivity index (χ1n) is 10.9. The SMILES string of the molecule is COc1ccc2[nH]c(=O)c(CCC(=O)NC3CCN(Cc4ccccc4)CC3)cc2c1. The summed E-state index contributed by atoms with van der Waals surface area (Å²) in [5, 5.41) is 4.05. The van der Waals surface area contributed by atoms with Gasteiger partial charge in [-0.1, -0.05) is 30.3 Å². The molecule has 1 aliphatic rings. The average molecular weight is 420 g/mol. The number of fused-ring (bicyclic) bond motifs is 1. The van der Waals surface area contributed by atoms with Crippen LogP contribution in [0.4, 0.5) is 0 Å². The van der Waals surface area contributed by atoms with E-state index >= 15 is 0 Å². The summed E-state index contributed by atoms with van der Waals surface area (Å²) in [6.07, 6.45) is 2.63. The van der Waals surface area contributed by atoms with Gasteiger partial charge in [-0.3, -0.25) is 14.5 Å². The molecule has 3 aromatic rings. The highest BCUT2D eigenvalue weighted by atomic mass is 16.5. The number of likely N-dealkylation sites (tertiary alicyclic amines) is 1. The standard InChI is InChI=1S/C25H29N3O3/c1-31-22-8-9-23-20(16-22)15-19(25(30)27-23)7-10-24(29)26-21-11-13-28(14-12-21)17-18-5-3-2-4-6-18/h2-6,8-9,15-16,21H,7,10-14,17H2,1H3,(H,26,29)(H,27,30). The van der Waals surface area contributed by atoms with E-state index in [0.717, 1.165) is 49.1 Å². The lowest BCUT2D eigenvalue weighted by Crippen LogP contribution is -2.44. The summed E-state index contributed by atoms with van der Waals surface area (Å²) in [7, 11) is 1.62. The van der Waals surface area contributed by atoms with Crippen LogP contribution in [0.5, 0.6) is 5.75 Å². The lowest BCUT2D eigenvalue weighted by atomic mass is 10.0. The molecule has 0 bridgehead atoms. The van der Waals surface area contributed by atoms with Gasteiger partial charge in [0, 0.05) is 48.6 Å². The molecule has 31 heavy (non-hydrogen) atoms. The lowest BCUT2D eigenvalue weighted by molar-refractivity contribution is -0.122. The first-order valence-corrected chi connectivity index (χ1v) is 10.9. The quantitative estimate of drug-likeness (QED) is 0.617. The Kier molecular flexibility index (Phi) is 6.67. The van der Waals surface area contributed by atoms with Crippen molar-refractivity contribution in [2.24, 2.45) is 0 Å². The zero-order chi connectivity index (χ0) is 21.6. The molecular formula is C25H29N3O3. The number of hydrogen-bond acceptors (Lipinski definition) is 4. The van der Waals surface area contributed by atoms with Crippen LogP contribution in [0.3, 0.4) is 0 Å². The molecule has 6 heteroatoms. The van der Waals surface area contributed by atoms with Gasteiger partial charge in [-0.15, -0.1) is 0 Å². The van der Waals surface area contributed by atoms with Gasteiger partial charge in [0.05, 0.1) is 7.11 Å². The summed E-state index contributed by atoms with van der Waals surface area (Å²) in [6, 6.07) is 18.1. The largest absolute Gasteiger partial charge is 0.497 e. The van der Waals surface area contributed by atoms with Crippen molar-refractivity contribution < 1.29 is 9.53 Å². The summed E-state index contributed by atoms with van der Waals surface area (Å²) in [6.45, 7) is 2.91. The first-order chi connectivity index (χ1) is 15.1. The van der Waals surface area contributed by atoms with Crippen molar-refractivity contribution in [2.45, 2.75) is 38.3 Å². The highest BCUT2D eigenvalue weighted by Gasteiger charge is 2.20. The Morgan fingerprint density at radius 3 is 2.65 bits per heavy atom. The minimum Gasteiger partial charge on any atom is -0.497 e. The molecule has 2 aromatic carbocycles. The Morgan fingerprint density at radius 2 is 1.90 bits per heavy atom. The van der Waals surface area contributed by atoms with Crippen LogP contribution in [-0.4, -0.2) is 42.0 Å². The van der Waals surface area contributed by atoms with E-state index in [1.807, 2.05) is 30.3 Å². The maximum absolute atomic E-state index is 12.5. The molecule has 1 saturated heterocycles. The van der Waals surface area contributed by atoms with Crippen LogP contribution in [0.2, 0.25) is 0 Å². The molecule has 2 N–H and O–H groups in total. The fraction of sp³-hybridized carbons (Fsp3) is 0.360. The third-order valence-electron chi connectivity index (χ3n) is 5.95. The maximum atomic E-state index is 12.5. The molecule has 2 heterocycles. The van der Waals surface area contributed by atoms with Gasteiger partial charge in [0.2, 0.25) is 5.91 Å². The number of rotatable bonds is 7. The molecule has 1 fully saturated rings. The fourth-order valence-corrected chi connectivity index (χ4v) is 4.17. The number of hydrogen-bond donors (Lipinski definition) is 2. The normalized spacial score (nSPS) is 15.1. The second-order valence-electron chi connectivity index (χ2n) is 8.18. The second kappa shape index (κ2) is 9.79. The number of carbonyl (C=O) groups is 1. The Morgan fingerprint density at radius 1 is 1.13 bits per heavy atom. The predicted molar refractivity (Wildman–Crippen MR) is 122 cm³/mol. The van der Waals surface area contributed by atoms with Crippen molar-refractivity contribution in [1.82, 2.24) is 15.2 Å². The fourth-order valence-electron chi connectivity index (χ4n) is 4.17. The van der Waals surface area contributed by atoms with E-state index < -0.39 is 0 Å². The van der Waals surface area contributed by atoms with E-state index in [1.54, 1.807) is 7.11 Å². The summed E-state index contributed by atoms with van der Waals surface area (Å²) in [5.74, 6) is 0.744. The number of methoxy groups -OCH3 is 1. The molecule has 1 amide bonds. The molecule has 0 spiro atoms. The number of pyridine rings is 1. The summed E-state index contributed by atoms with van der Waals surface area (Å²) in [5.41, 5.74) is 2.57. The monoisotopic (exact) mass is 419 g/mol. The van der Waals surface area contributed by atoms with Crippen LogP contribution in [0, 0.1) is 0 Å². The zero-order valence-electron chi connectivity index (χ0n) is 17.9. The van der Waals surface area contributed by atoms with Crippen LogP contribution >= 0.6 is 0 Å². The third kappa shape index (κ3) is 5.52. The van der Waals surface area contributed by atoms with Gasteiger partial charge < -0.3 is 15.0 Å². The van der Waals surface area contributed by atoms with Crippen LogP contribution in [-0.2, 0) is 17.8 Å². The number of benzene rings is 2. The Hall–Kier alpha value is -3.12. The van der Waals surface area contributed by atoms with Crippen molar-refractivity contribution in [3.8, 4) is 5.75 Å². The summed E-state index contributed by atoms with van der Waals surface area (Å²) >= 11 is 0. The minimum absolute atomic E-state index is 0.00616. The van der Waals surface area contributed by atoms with Gasteiger partial charge in [-0.25, -0.2) is 0 Å². The average Bonchev–Trinajstić information content (AvgIpc) is 2.79. The van der Waals surface area contributed by atoms with Gasteiger partial charge in [0.1, 0.15) is 5.75 Å². The minimum atomic E-state index is -0.139. The van der Waals surface area contributed by atoms with Crippen molar-refractivity contribution in [1.29, 1.82) is 0 Å². The molecule has 0 saturated carbocycles. The van der Waals surface area contributed by atoms with Gasteiger partial charge in [-0.2, -0.15) is 0 Å². The number of H-pyrrole nitrogens is 1. The molecule has 1 aliphatic heterocycles. The molecule has 0 atom stereocenters. The summed E-state index contributed by atoms with van der Waals surface area (Å²) < 4.78 is 5.26. The van der Waals surface area contributed by atoms with Crippen molar-refractivity contribution in [3.63, 3.8) is 0 Å². The Labute approximate surface area is 182 Å². The Bertz CT molecular complexity index is 1090. The molecule has 4 rings (SSSR count). The van der Waals surface area contributed by atoms with Crippen molar-refractivity contribution in [2.75, 3.05) is 20.2 Å². The smallest absolute Gasteiger partial charge is 0.251 e. The number of aromatic amines is 1. The number of ether oxygens (including phenoxy) is 1. The predicted octanol–water partition coefficient (Wildman–Crippen LogP) is 3.25. The third-order valence-corrected chi connectivity index (χ3v) is 5.95. The number of piperidine rings is 1. The van der Waals surface area contributed by atoms with Crippen LogP contribution in [0.1, 0.15) is 30.4 Å². The highest BCUT2D eigenvalue weighted by molar-refractivity contribution is 5.81. The van der Waals surface area contributed by atoms with E-state index in [9.17, 15) is 9.59 Å². The number of aryl methyl sites for hydroxylation is 1. The van der Waals surface area contributed by atoms with Crippen LogP contribution < -0.4 is 15.6 Å². The van der Waals surface area contributed by atoms with Crippen molar-refractivity contribution in [3.05, 3.63) is 76.1 Å². The van der Waals surface area contributed by atoms with E-state index in [1.165, 1.54) is 5.56 Å². The van der Waals surface area contributed by atoms with E-state index in [-0.39, 0.29) is 17.5 Å². The number of amides is 1. The molecular weight excluding hydrogens is 390 g/mol. The van der Waals surface area contributed by atoms with Crippen LogP contribution in [0.25, 0.3) is 10.9 Å². The van der Waals surface area contributed by atoms with Gasteiger partial charge in [-0.05, 0) is 49.1 Å². The lowest BCUT2D eigenvalue weighted by Gasteiger charge is -2.32. The van der Waals surface area contributed by atoms with Gasteiger partial charge in [0.15, 0.2) is 0 Å². The first kappa shape index (κ1) is 21.1. The molecule has 0 unspecified atom stereocenters.